The second kappa shape index (κ2) is 6.47. The Morgan fingerprint density at radius 1 is 1.19 bits per heavy atom. The van der Waals surface area contributed by atoms with Gasteiger partial charge in [0, 0.05) is 11.7 Å². The van der Waals surface area contributed by atoms with E-state index in [2.05, 4.69) is 4.72 Å². The van der Waals surface area contributed by atoms with Gasteiger partial charge in [0.05, 0.1) is 5.02 Å². The largest absolute Gasteiger partial charge is 0.399 e. The lowest BCUT2D eigenvalue weighted by atomic mass is 10.1. The van der Waals surface area contributed by atoms with Gasteiger partial charge in [-0.25, -0.2) is 13.1 Å². The Labute approximate surface area is 130 Å². The van der Waals surface area contributed by atoms with Crippen LogP contribution in [0.3, 0.4) is 0 Å². The Balaban J connectivity index is 2.34. The van der Waals surface area contributed by atoms with Gasteiger partial charge in [0.15, 0.2) is 0 Å². The Morgan fingerprint density at radius 3 is 2.48 bits per heavy atom. The van der Waals surface area contributed by atoms with E-state index in [1.54, 1.807) is 6.07 Å². The summed E-state index contributed by atoms with van der Waals surface area (Å²) < 4.78 is 27.7. The molecule has 0 heterocycles. The van der Waals surface area contributed by atoms with Crippen LogP contribution in [0.2, 0.25) is 5.02 Å². The molecule has 0 amide bonds. The summed E-state index contributed by atoms with van der Waals surface area (Å²) in [5.41, 5.74) is 6.91. The van der Waals surface area contributed by atoms with E-state index in [0.717, 1.165) is 5.56 Å². The maximum Gasteiger partial charge on any atom is 0.242 e. The topological polar surface area (TPSA) is 72.2 Å². The van der Waals surface area contributed by atoms with Gasteiger partial charge in [-0.3, -0.25) is 0 Å². The van der Waals surface area contributed by atoms with Crippen molar-refractivity contribution in [1.82, 2.24) is 4.72 Å². The lowest BCUT2D eigenvalue weighted by Crippen LogP contribution is -2.28. The molecule has 0 spiro atoms. The van der Waals surface area contributed by atoms with E-state index < -0.39 is 10.0 Å². The molecule has 2 aromatic carbocycles. The van der Waals surface area contributed by atoms with Crippen LogP contribution in [-0.2, 0) is 10.0 Å². The quantitative estimate of drug-likeness (QED) is 0.828. The van der Waals surface area contributed by atoms with Gasteiger partial charge in [-0.15, -0.1) is 0 Å². The van der Waals surface area contributed by atoms with Gasteiger partial charge in [-0.1, -0.05) is 48.9 Å². The smallest absolute Gasteiger partial charge is 0.242 e. The highest BCUT2D eigenvalue weighted by Gasteiger charge is 2.22. The highest BCUT2D eigenvalue weighted by molar-refractivity contribution is 7.89. The van der Waals surface area contributed by atoms with Crippen molar-refractivity contribution in [3.8, 4) is 0 Å². The SMILES string of the molecule is CCC(NS(=O)(=O)c1cc(N)ccc1Cl)c1ccccc1. The predicted octanol–water partition coefficient (Wildman–Crippen LogP) is 3.35. The van der Waals surface area contributed by atoms with Crippen LogP contribution in [0.15, 0.2) is 53.4 Å². The highest BCUT2D eigenvalue weighted by Crippen LogP contribution is 2.26. The number of nitrogens with one attached hydrogen (secondary N) is 1. The number of halogens is 1. The molecule has 112 valence electrons. The molecule has 0 aliphatic carbocycles. The number of rotatable bonds is 5. The second-order valence-electron chi connectivity index (χ2n) is 4.68. The lowest BCUT2D eigenvalue weighted by Gasteiger charge is -2.18. The van der Waals surface area contributed by atoms with Crippen LogP contribution in [0.5, 0.6) is 0 Å². The first-order valence-corrected chi connectivity index (χ1v) is 8.42. The summed E-state index contributed by atoms with van der Waals surface area (Å²) in [6.45, 7) is 1.92. The van der Waals surface area contributed by atoms with E-state index in [4.69, 9.17) is 17.3 Å². The maximum atomic E-state index is 12.5. The van der Waals surface area contributed by atoms with Crippen LogP contribution in [0.1, 0.15) is 24.9 Å². The third kappa shape index (κ3) is 3.75. The van der Waals surface area contributed by atoms with Gasteiger partial charge >= 0.3 is 0 Å². The number of hydrogen-bond acceptors (Lipinski definition) is 3. The summed E-state index contributed by atoms with van der Waals surface area (Å²) in [5.74, 6) is 0. The number of anilines is 1. The molecule has 0 aromatic heterocycles. The van der Waals surface area contributed by atoms with Gasteiger partial charge in [-0.2, -0.15) is 0 Å². The van der Waals surface area contributed by atoms with E-state index >= 15 is 0 Å². The van der Waals surface area contributed by atoms with Crippen molar-refractivity contribution in [3.05, 3.63) is 59.1 Å². The first-order valence-electron chi connectivity index (χ1n) is 6.56. The van der Waals surface area contributed by atoms with Crippen LogP contribution in [-0.4, -0.2) is 8.42 Å². The Kier molecular flexibility index (Phi) is 4.88. The molecule has 0 fully saturated rings. The second-order valence-corrected chi connectivity index (χ2v) is 6.77. The zero-order chi connectivity index (χ0) is 15.5. The molecule has 2 aromatic rings. The summed E-state index contributed by atoms with van der Waals surface area (Å²) >= 11 is 5.98. The fraction of sp³-hybridized carbons (Fsp3) is 0.200. The summed E-state index contributed by atoms with van der Waals surface area (Å²) in [4.78, 5) is -0.00134. The van der Waals surface area contributed by atoms with Gasteiger partial charge in [0.25, 0.3) is 0 Å². The molecule has 1 atom stereocenters. The zero-order valence-corrected chi connectivity index (χ0v) is 13.2. The van der Waals surface area contributed by atoms with E-state index in [1.165, 1.54) is 12.1 Å². The molecule has 0 bridgehead atoms. The summed E-state index contributed by atoms with van der Waals surface area (Å²) in [5, 5.41) is 0.152. The number of nitrogen functional groups attached to an aromatic ring is 1. The van der Waals surface area contributed by atoms with Crippen molar-refractivity contribution in [2.45, 2.75) is 24.3 Å². The van der Waals surface area contributed by atoms with Crippen LogP contribution >= 0.6 is 11.6 Å². The molecule has 0 aliphatic rings. The zero-order valence-electron chi connectivity index (χ0n) is 11.6. The molecule has 0 aliphatic heterocycles. The molecule has 21 heavy (non-hydrogen) atoms. The molecule has 2 rings (SSSR count). The first kappa shape index (κ1) is 15.8. The van der Waals surface area contributed by atoms with Crippen molar-refractivity contribution in [3.63, 3.8) is 0 Å². The Hall–Kier alpha value is -1.56. The van der Waals surface area contributed by atoms with Crippen LogP contribution in [0.4, 0.5) is 5.69 Å². The first-order chi connectivity index (χ1) is 9.94. The molecule has 0 saturated heterocycles. The van der Waals surface area contributed by atoms with Crippen LogP contribution in [0, 0.1) is 0 Å². The predicted molar refractivity (Wildman–Crippen MR) is 85.7 cm³/mol. The molecule has 6 heteroatoms. The number of benzene rings is 2. The number of hydrogen-bond donors (Lipinski definition) is 2. The van der Waals surface area contributed by atoms with Crippen molar-refractivity contribution in [2.24, 2.45) is 0 Å². The van der Waals surface area contributed by atoms with Gasteiger partial charge in [0.2, 0.25) is 10.0 Å². The van der Waals surface area contributed by atoms with Crippen LogP contribution < -0.4 is 10.5 Å². The molecule has 4 nitrogen and oxygen atoms in total. The van der Waals surface area contributed by atoms with Crippen molar-refractivity contribution < 1.29 is 8.42 Å². The molecule has 3 N–H and O–H groups in total. The Bertz CT molecular complexity index is 718. The van der Waals surface area contributed by atoms with E-state index in [0.29, 0.717) is 12.1 Å². The van der Waals surface area contributed by atoms with E-state index in [1.807, 2.05) is 37.3 Å². The minimum absolute atomic E-state index is 0.00134. The fourth-order valence-corrected chi connectivity index (χ4v) is 3.89. The summed E-state index contributed by atoms with van der Waals surface area (Å²) in [6, 6.07) is 13.5. The average molecular weight is 325 g/mol. The molecule has 0 radical (unpaired) electrons. The van der Waals surface area contributed by atoms with Gasteiger partial charge in [-0.05, 0) is 30.2 Å². The van der Waals surface area contributed by atoms with Crippen molar-refractivity contribution in [1.29, 1.82) is 0 Å². The average Bonchev–Trinajstić information content (AvgIpc) is 2.48. The third-order valence-corrected chi connectivity index (χ3v) is 5.11. The summed E-state index contributed by atoms with van der Waals surface area (Å²) in [7, 11) is -3.73. The minimum atomic E-state index is -3.73. The lowest BCUT2D eigenvalue weighted by molar-refractivity contribution is 0.550. The molecular weight excluding hydrogens is 308 g/mol. The summed E-state index contributed by atoms with van der Waals surface area (Å²) in [6.07, 6.45) is 0.628. The fourth-order valence-electron chi connectivity index (χ4n) is 2.05. The normalized spacial score (nSPS) is 13.0. The number of nitrogens with two attached hydrogens (primary N) is 1. The van der Waals surface area contributed by atoms with Gasteiger partial charge < -0.3 is 5.73 Å². The molecular formula is C15H17ClN2O2S. The minimum Gasteiger partial charge on any atom is -0.399 e. The van der Waals surface area contributed by atoms with E-state index in [-0.39, 0.29) is 16.0 Å². The maximum absolute atomic E-state index is 12.5. The molecule has 0 saturated carbocycles. The van der Waals surface area contributed by atoms with Gasteiger partial charge in [0.1, 0.15) is 4.90 Å². The highest BCUT2D eigenvalue weighted by atomic mass is 35.5. The monoisotopic (exact) mass is 324 g/mol. The Morgan fingerprint density at radius 2 is 1.86 bits per heavy atom. The molecule has 1 unspecified atom stereocenters. The van der Waals surface area contributed by atoms with Crippen molar-refractivity contribution in [2.75, 3.05) is 5.73 Å². The van der Waals surface area contributed by atoms with E-state index in [9.17, 15) is 8.42 Å². The van der Waals surface area contributed by atoms with Crippen molar-refractivity contribution >= 4 is 27.3 Å². The van der Waals surface area contributed by atoms with Crippen LogP contribution in [0.25, 0.3) is 0 Å². The number of sulfonamides is 1. The third-order valence-electron chi connectivity index (χ3n) is 3.15. The standard InChI is InChI=1S/C15H17ClN2O2S/c1-2-14(11-6-4-3-5-7-11)18-21(19,20)15-10-12(17)8-9-13(15)16/h3-10,14,18H,2,17H2,1H3.